The van der Waals surface area contributed by atoms with Crippen LogP contribution in [0.5, 0.6) is 0 Å². The molecule has 0 saturated heterocycles. The standard InChI is InChI=1S/C15H10F2N2O2/c16-10-4-5-11(17)13-12(10)14(20)15(21)19(13)8-6-9-3-1-2-7-18-9/h1-5,7H,6,8H2. The number of Topliss-reactive ketones (excluding diaryl/α,β-unsaturated/α-hetero) is 1. The molecule has 1 aromatic carbocycles. The van der Waals surface area contributed by atoms with Crippen LogP contribution in [0.15, 0.2) is 36.5 Å². The fourth-order valence-corrected chi connectivity index (χ4v) is 2.34. The van der Waals surface area contributed by atoms with E-state index in [1.807, 2.05) is 0 Å². The number of benzene rings is 1. The first-order valence-electron chi connectivity index (χ1n) is 6.33. The molecule has 0 saturated carbocycles. The number of fused-ring (bicyclic) bond motifs is 1. The highest BCUT2D eigenvalue weighted by molar-refractivity contribution is 6.52. The van der Waals surface area contributed by atoms with E-state index in [1.165, 1.54) is 0 Å². The number of carbonyl (C=O) groups is 2. The molecule has 0 fully saturated rings. The molecular formula is C15H10F2N2O2. The number of carbonyl (C=O) groups excluding carboxylic acids is 2. The Bertz CT molecular complexity index is 732. The summed E-state index contributed by atoms with van der Waals surface area (Å²) >= 11 is 0. The Morgan fingerprint density at radius 1 is 1.05 bits per heavy atom. The summed E-state index contributed by atoms with van der Waals surface area (Å²) in [7, 11) is 0. The second-order valence-electron chi connectivity index (χ2n) is 4.61. The summed E-state index contributed by atoms with van der Waals surface area (Å²) in [5.74, 6) is -3.59. The van der Waals surface area contributed by atoms with Gasteiger partial charge in [0.2, 0.25) is 0 Å². The molecule has 3 rings (SSSR count). The summed E-state index contributed by atoms with van der Waals surface area (Å²) in [4.78, 5) is 28.8. The van der Waals surface area contributed by atoms with E-state index in [9.17, 15) is 18.4 Å². The maximum absolute atomic E-state index is 13.9. The third kappa shape index (κ3) is 2.18. The predicted octanol–water partition coefficient (Wildman–Crippen LogP) is 2.13. The van der Waals surface area contributed by atoms with Crippen LogP contribution in [-0.2, 0) is 11.2 Å². The maximum Gasteiger partial charge on any atom is 0.299 e. The van der Waals surface area contributed by atoms with Crippen LogP contribution in [0.1, 0.15) is 16.1 Å². The lowest BCUT2D eigenvalue weighted by Crippen LogP contribution is -2.32. The van der Waals surface area contributed by atoms with Crippen molar-refractivity contribution in [2.24, 2.45) is 0 Å². The lowest BCUT2D eigenvalue weighted by molar-refractivity contribution is -0.114. The number of hydrogen-bond acceptors (Lipinski definition) is 3. The number of amides is 1. The first kappa shape index (κ1) is 13.4. The van der Waals surface area contributed by atoms with E-state index in [0.29, 0.717) is 12.1 Å². The molecule has 0 atom stereocenters. The molecule has 0 spiro atoms. The van der Waals surface area contributed by atoms with E-state index in [0.717, 1.165) is 17.0 Å². The van der Waals surface area contributed by atoms with Gasteiger partial charge in [0.1, 0.15) is 11.6 Å². The average Bonchev–Trinajstić information content (AvgIpc) is 2.75. The van der Waals surface area contributed by atoms with Crippen molar-refractivity contribution in [3.05, 3.63) is 59.4 Å². The second kappa shape index (κ2) is 5.05. The van der Waals surface area contributed by atoms with Gasteiger partial charge < -0.3 is 4.90 Å². The highest BCUT2D eigenvalue weighted by Crippen LogP contribution is 2.33. The molecule has 1 aliphatic heterocycles. The largest absolute Gasteiger partial charge is 0.302 e. The van der Waals surface area contributed by atoms with Crippen molar-refractivity contribution in [1.29, 1.82) is 0 Å². The maximum atomic E-state index is 13.9. The van der Waals surface area contributed by atoms with E-state index >= 15 is 0 Å². The summed E-state index contributed by atoms with van der Waals surface area (Å²) in [5, 5.41) is 0. The van der Waals surface area contributed by atoms with Crippen LogP contribution in [-0.4, -0.2) is 23.2 Å². The van der Waals surface area contributed by atoms with Gasteiger partial charge in [0.15, 0.2) is 0 Å². The summed E-state index contributed by atoms with van der Waals surface area (Å²) in [5.41, 5.74) is -0.0648. The highest BCUT2D eigenvalue weighted by Gasteiger charge is 2.40. The van der Waals surface area contributed by atoms with Crippen molar-refractivity contribution in [1.82, 2.24) is 4.98 Å². The van der Waals surface area contributed by atoms with Crippen molar-refractivity contribution >= 4 is 17.4 Å². The SMILES string of the molecule is O=C1C(=O)N(CCc2ccccn2)c2c(F)ccc(F)c21. The number of halogens is 2. The lowest BCUT2D eigenvalue weighted by atomic mass is 10.1. The van der Waals surface area contributed by atoms with E-state index in [1.54, 1.807) is 24.4 Å². The zero-order valence-electron chi connectivity index (χ0n) is 10.8. The number of pyridine rings is 1. The fourth-order valence-electron chi connectivity index (χ4n) is 2.34. The zero-order valence-corrected chi connectivity index (χ0v) is 10.8. The second-order valence-corrected chi connectivity index (χ2v) is 4.61. The number of ketones is 1. The van der Waals surface area contributed by atoms with Crippen molar-refractivity contribution in [3.8, 4) is 0 Å². The van der Waals surface area contributed by atoms with Gasteiger partial charge in [-0.1, -0.05) is 6.07 Å². The van der Waals surface area contributed by atoms with Gasteiger partial charge in [-0.2, -0.15) is 0 Å². The molecule has 4 nitrogen and oxygen atoms in total. The zero-order chi connectivity index (χ0) is 15.0. The smallest absolute Gasteiger partial charge is 0.299 e. The van der Waals surface area contributed by atoms with E-state index in [4.69, 9.17) is 0 Å². The minimum Gasteiger partial charge on any atom is -0.302 e. The molecule has 0 radical (unpaired) electrons. The van der Waals surface area contributed by atoms with Gasteiger partial charge in [-0.25, -0.2) is 8.78 Å². The number of nitrogens with zero attached hydrogens (tertiary/aromatic N) is 2. The molecule has 106 valence electrons. The van der Waals surface area contributed by atoms with Gasteiger partial charge in [0.05, 0.1) is 11.3 Å². The first-order valence-corrected chi connectivity index (χ1v) is 6.33. The Balaban J connectivity index is 1.93. The highest BCUT2D eigenvalue weighted by atomic mass is 19.1. The minimum atomic E-state index is -1.01. The van der Waals surface area contributed by atoms with Gasteiger partial charge in [0.25, 0.3) is 11.7 Å². The summed E-state index contributed by atoms with van der Waals surface area (Å²) in [6.45, 7) is 0.0644. The molecule has 21 heavy (non-hydrogen) atoms. The molecule has 0 N–H and O–H groups in total. The summed E-state index contributed by atoms with van der Waals surface area (Å²) in [6, 6.07) is 7.05. The molecule has 1 aromatic heterocycles. The van der Waals surface area contributed by atoms with Crippen LogP contribution in [0.3, 0.4) is 0 Å². The number of aromatic nitrogens is 1. The van der Waals surface area contributed by atoms with Crippen LogP contribution >= 0.6 is 0 Å². The third-order valence-electron chi connectivity index (χ3n) is 3.33. The number of hydrogen-bond donors (Lipinski definition) is 0. The molecule has 2 aromatic rings. The van der Waals surface area contributed by atoms with Gasteiger partial charge in [0, 0.05) is 24.9 Å². The lowest BCUT2D eigenvalue weighted by Gasteiger charge is -2.16. The third-order valence-corrected chi connectivity index (χ3v) is 3.33. The van der Waals surface area contributed by atoms with E-state index in [2.05, 4.69) is 4.98 Å². The van der Waals surface area contributed by atoms with Crippen molar-refractivity contribution in [2.45, 2.75) is 6.42 Å². The molecule has 2 heterocycles. The van der Waals surface area contributed by atoms with Crippen LogP contribution in [0, 0.1) is 11.6 Å². The quantitative estimate of drug-likeness (QED) is 0.813. The van der Waals surface area contributed by atoms with Crippen molar-refractivity contribution in [2.75, 3.05) is 11.4 Å². The van der Waals surface area contributed by atoms with Crippen LogP contribution in [0.25, 0.3) is 0 Å². The van der Waals surface area contributed by atoms with Crippen molar-refractivity contribution in [3.63, 3.8) is 0 Å². The Hall–Kier alpha value is -2.63. The van der Waals surface area contributed by atoms with Crippen LogP contribution in [0.4, 0.5) is 14.5 Å². The van der Waals surface area contributed by atoms with Crippen LogP contribution < -0.4 is 4.90 Å². The topological polar surface area (TPSA) is 50.3 Å². The Morgan fingerprint density at radius 2 is 1.81 bits per heavy atom. The van der Waals surface area contributed by atoms with Gasteiger partial charge in [-0.15, -0.1) is 0 Å². The fraction of sp³-hybridized carbons (Fsp3) is 0.133. The molecule has 0 aliphatic carbocycles. The molecule has 0 unspecified atom stereocenters. The summed E-state index contributed by atoms with van der Waals surface area (Å²) in [6.07, 6.45) is 1.94. The van der Waals surface area contributed by atoms with Crippen molar-refractivity contribution < 1.29 is 18.4 Å². The predicted molar refractivity (Wildman–Crippen MR) is 71.0 cm³/mol. The molecule has 1 amide bonds. The number of rotatable bonds is 3. The van der Waals surface area contributed by atoms with Gasteiger partial charge in [-0.3, -0.25) is 14.6 Å². The normalized spacial score (nSPS) is 13.7. The molecule has 0 bridgehead atoms. The molecule has 1 aliphatic rings. The van der Waals surface area contributed by atoms with E-state index in [-0.39, 0.29) is 12.2 Å². The number of anilines is 1. The van der Waals surface area contributed by atoms with Gasteiger partial charge in [-0.05, 0) is 24.3 Å². The Labute approximate surface area is 119 Å². The van der Waals surface area contributed by atoms with E-state index < -0.39 is 28.9 Å². The first-order chi connectivity index (χ1) is 10.1. The summed E-state index contributed by atoms with van der Waals surface area (Å²) < 4.78 is 27.5. The molecular weight excluding hydrogens is 278 g/mol. The monoisotopic (exact) mass is 288 g/mol. The molecule has 6 heteroatoms. The van der Waals surface area contributed by atoms with Gasteiger partial charge >= 0.3 is 0 Å². The van der Waals surface area contributed by atoms with Crippen LogP contribution in [0.2, 0.25) is 0 Å². The average molecular weight is 288 g/mol. The minimum absolute atomic E-state index is 0.0644. The Kier molecular flexibility index (Phi) is 3.21. The Morgan fingerprint density at radius 3 is 2.52 bits per heavy atom.